The number of nitrogens with one attached hydrogen (secondary N) is 1. The monoisotopic (exact) mass is 310 g/mol. The van der Waals surface area contributed by atoms with Crippen molar-refractivity contribution >= 4 is 15.9 Å². The second kappa shape index (κ2) is 6.72. The molecule has 0 saturated heterocycles. The van der Waals surface area contributed by atoms with Crippen LogP contribution < -0.4 is 10.5 Å². The first kappa shape index (κ1) is 17.2. The van der Waals surface area contributed by atoms with Crippen molar-refractivity contribution in [2.45, 2.75) is 30.7 Å². The van der Waals surface area contributed by atoms with Gasteiger partial charge in [-0.05, 0) is 26.0 Å². The molecular formula is C14H18N2O4S. The summed E-state index contributed by atoms with van der Waals surface area (Å²) in [6.07, 6.45) is 0.245. The quantitative estimate of drug-likeness (QED) is 0.663. The van der Waals surface area contributed by atoms with Crippen molar-refractivity contribution in [1.82, 2.24) is 4.72 Å². The number of aliphatic hydroxyl groups excluding tert-OH is 1. The number of amides is 1. The molecule has 0 saturated carbocycles. The zero-order valence-electron chi connectivity index (χ0n) is 11.9. The summed E-state index contributed by atoms with van der Waals surface area (Å²) >= 11 is 0. The molecule has 0 heterocycles. The SMILES string of the molecule is CC(C)(NS(=O)(=O)c1ccccc1C#CCCO)C(N)=O. The van der Waals surface area contributed by atoms with Crippen LogP contribution in [0, 0.1) is 11.8 Å². The topological polar surface area (TPSA) is 109 Å². The van der Waals surface area contributed by atoms with Crippen molar-refractivity contribution in [3.63, 3.8) is 0 Å². The van der Waals surface area contributed by atoms with E-state index < -0.39 is 21.5 Å². The fourth-order valence-corrected chi connectivity index (χ4v) is 3.01. The van der Waals surface area contributed by atoms with Gasteiger partial charge in [0, 0.05) is 12.0 Å². The Morgan fingerprint density at radius 3 is 2.57 bits per heavy atom. The number of carbonyl (C=O) groups excluding carboxylic acids is 1. The molecule has 0 unspecified atom stereocenters. The van der Waals surface area contributed by atoms with Crippen molar-refractivity contribution in [2.24, 2.45) is 5.73 Å². The first-order valence-corrected chi connectivity index (χ1v) is 7.71. The van der Waals surface area contributed by atoms with E-state index in [1.807, 2.05) is 0 Å². The second-order valence-corrected chi connectivity index (χ2v) is 6.52. The van der Waals surface area contributed by atoms with E-state index in [2.05, 4.69) is 16.6 Å². The van der Waals surface area contributed by atoms with Gasteiger partial charge in [0.15, 0.2) is 0 Å². The Morgan fingerprint density at radius 1 is 1.38 bits per heavy atom. The van der Waals surface area contributed by atoms with Gasteiger partial charge in [-0.3, -0.25) is 4.79 Å². The molecule has 0 aromatic heterocycles. The minimum Gasteiger partial charge on any atom is -0.395 e. The fourth-order valence-electron chi connectivity index (χ4n) is 1.46. The Labute approximate surface area is 124 Å². The lowest BCUT2D eigenvalue weighted by Crippen LogP contribution is -2.52. The second-order valence-electron chi connectivity index (χ2n) is 4.87. The predicted molar refractivity (Wildman–Crippen MR) is 78.6 cm³/mol. The lowest BCUT2D eigenvalue weighted by molar-refractivity contribution is -0.122. The average molecular weight is 310 g/mol. The van der Waals surface area contributed by atoms with E-state index in [1.54, 1.807) is 18.2 Å². The number of rotatable bonds is 5. The van der Waals surface area contributed by atoms with Gasteiger partial charge in [0.05, 0.1) is 11.5 Å². The molecule has 0 atom stereocenters. The van der Waals surface area contributed by atoms with Crippen LogP contribution in [0.3, 0.4) is 0 Å². The lowest BCUT2D eigenvalue weighted by atomic mass is 10.1. The summed E-state index contributed by atoms with van der Waals surface area (Å²) in [5.74, 6) is 4.57. The van der Waals surface area contributed by atoms with E-state index in [9.17, 15) is 13.2 Å². The molecule has 0 aliphatic heterocycles. The molecule has 1 amide bonds. The summed E-state index contributed by atoms with van der Waals surface area (Å²) < 4.78 is 27.0. The molecule has 0 spiro atoms. The van der Waals surface area contributed by atoms with Crippen molar-refractivity contribution in [3.05, 3.63) is 29.8 Å². The van der Waals surface area contributed by atoms with Crippen LogP contribution in [-0.2, 0) is 14.8 Å². The third kappa shape index (κ3) is 4.56. The molecule has 0 fully saturated rings. The zero-order valence-corrected chi connectivity index (χ0v) is 12.7. The van der Waals surface area contributed by atoms with E-state index in [0.717, 1.165) is 0 Å². The summed E-state index contributed by atoms with van der Waals surface area (Å²) in [5, 5.41) is 8.70. The number of hydrogen-bond donors (Lipinski definition) is 3. The van der Waals surface area contributed by atoms with Crippen molar-refractivity contribution in [3.8, 4) is 11.8 Å². The summed E-state index contributed by atoms with van der Waals surface area (Å²) in [4.78, 5) is 11.2. The molecule has 7 heteroatoms. The molecule has 4 N–H and O–H groups in total. The van der Waals surface area contributed by atoms with Gasteiger partial charge in [0.2, 0.25) is 15.9 Å². The maximum atomic E-state index is 12.4. The van der Waals surface area contributed by atoms with E-state index in [-0.39, 0.29) is 17.9 Å². The van der Waals surface area contributed by atoms with Gasteiger partial charge < -0.3 is 10.8 Å². The summed E-state index contributed by atoms with van der Waals surface area (Å²) in [7, 11) is -3.95. The molecule has 1 aromatic carbocycles. The molecule has 0 aliphatic carbocycles. The first-order chi connectivity index (χ1) is 9.70. The van der Waals surface area contributed by atoms with Crippen molar-refractivity contribution in [1.29, 1.82) is 0 Å². The maximum Gasteiger partial charge on any atom is 0.242 e. The Morgan fingerprint density at radius 2 is 2.00 bits per heavy atom. The minimum atomic E-state index is -3.95. The van der Waals surface area contributed by atoms with Crippen LogP contribution in [0.1, 0.15) is 25.8 Å². The summed E-state index contributed by atoms with van der Waals surface area (Å²) in [6, 6.07) is 6.16. The number of sulfonamides is 1. The summed E-state index contributed by atoms with van der Waals surface area (Å²) in [6.45, 7) is 2.66. The van der Waals surface area contributed by atoms with E-state index in [0.29, 0.717) is 5.56 Å². The normalized spacial score (nSPS) is 11.6. The Kier molecular flexibility index (Phi) is 5.49. The van der Waals surface area contributed by atoms with Crippen LogP contribution in [0.5, 0.6) is 0 Å². The van der Waals surface area contributed by atoms with Crippen molar-refractivity contribution < 1.29 is 18.3 Å². The highest BCUT2D eigenvalue weighted by atomic mass is 32.2. The molecule has 0 aliphatic rings. The largest absolute Gasteiger partial charge is 0.395 e. The Balaban J connectivity index is 3.22. The van der Waals surface area contributed by atoms with Crippen LogP contribution in [0.4, 0.5) is 0 Å². The molecular weight excluding hydrogens is 292 g/mol. The highest BCUT2D eigenvalue weighted by Gasteiger charge is 2.32. The number of hydrogen-bond acceptors (Lipinski definition) is 4. The third-order valence-electron chi connectivity index (χ3n) is 2.64. The Bertz CT molecular complexity index is 684. The number of nitrogens with two attached hydrogens (primary N) is 1. The van der Waals surface area contributed by atoms with Gasteiger partial charge >= 0.3 is 0 Å². The number of primary amides is 1. The highest BCUT2D eigenvalue weighted by Crippen LogP contribution is 2.17. The average Bonchev–Trinajstić information content (AvgIpc) is 2.38. The van der Waals surface area contributed by atoms with E-state index in [4.69, 9.17) is 10.8 Å². The van der Waals surface area contributed by atoms with Crippen LogP contribution in [-0.4, -0.2) is 31.6 Å². The molecule has 1 rings (SSSR count). The highest BCUT2D eigenvalue weighted by molar-refractivity contribution is 7.89. The van der Waals surface area contributed by atoms with Crippen LogP contribution in [0.25, 0.3) is 0 Å². The van der Waals surface area contributed by atoms with Gasteiger partial charge in [-0.1, -0.05) is 24.0 Å². The van der Waals surface area contributed by atoms with Gasteiger partial charge in [0.1, 0.15) is 5.54 Å². The molecule has 114 valence electrons. The third-order valence-corrected chi connectivity index (χ3v) is 4.36. The standard InChI is InChI=1S/C14H18N2O4S/c1-14(2,13(15)18)16-21(19,20)12-9-4-3-7-11(12)8-5-6-10-17/h3-4,7,9,16-17H,6,10H2,1-2H3,(H2,15,18). The lowest BCUT2D eigenvalue weighted by Gasteiger charge is -2.22. The van der Waals surface area contributed by atoms with Gasteiger partial charge in [-0.2, -0.15) is 4.72 Å². The van der Waals surface area contributed by atoms with E-state index >= 15 is 0 Å². The number of aliphatic hydroxyl groups is 1. The van der Waals surface area contributed by atoms with Gasteiger partial charge in [-0.25, -0.2) is 8.42 Å². The summed E-state index contributed by atoms with van der Waals surface area (Å²) in [5.41, 5.74) is 4.05. The molecule has 6 nitrogen and oxygen atoms in total. The van der Waals surface area contributed by atoms with Crippen LogP contribution in [0.15, 0.2) is 29.2 Å². The molecule has 21 heavy (non-hydrogen) atoms. The zero-order chi connectivity index (χ0) is 16.1. The molecule has 0 bridgehead atoms. The van der Waals surface area contributed by atoms with Crippen LogP contribution in [0.2, 0.25) is 0 Å². The van der Waals surface area contributed by atoms with Crippen LogP contribution >= 0.6 is 0 Å². The number of carbonyl (C=O) groups is 1. The van der Waals surface area contributed by atoms with Crippen molar-refractivity contribution in [2.75, 3.05) is 6.61 Å². The maximum absolute atomic E-state index is 12.4. The molecule has 1 aromatic rings. The molecule has 0 radical (unpaired) electrons. The van der Waals surface area contributed by atoms with Gasteiger partial charge in [0.25, 0.3) is 0 Å². The number of benzene rings is 1. The smallest absolute Gasteiger partial charge is 0.242 e. The first-order valence-electron chi connectivity index (χ1n) is 6.23. The fraction of sp³-hybridized carbons (Fsp3) is 0.357. The van der Waals surface area contributed by atoms with Gasteiger partial charge in [-0.15, -0.1) is 0 Å². The Hall–Kier alpha value is -1.88. The minimum absolute atomic E-state index is 0.0373. The van der Waals surface area contributed by atoms with E-state index in [1.165, 1.54) is 19.9 Å². The predicted octanol–water partition coefficient (Wildman–Crippen LogP) is -0.0373.